The van der Waals surface area contributed by atoms with Crippen molar-refractivity contribution < 1.29 is 9.53 Å². The molecule has 2 aromatic carbocycles. The molecule has 2 heterocycles. The van der Waals surface area contributed by atoms with Gasteiger partial charge in [-0.25, -0.2) is 9.97 Å². The lowest BCUT2D eigenvalue weighted by atomic mass is 10.2. The average molecular weight is 467 g/mol. The van der Waals surface area contributed by atoms with Crippen molar-refractivity contribution >= 4 is 55.3 Å². The first-order chi connectivity index (χ1) is 15.6. The summed E-state index contributed by atoms with van der Waals surface area (Å²) < 4.78 is 7.99. The van der Waals surface area contributed by atoms with E-state index in [2.05, 4.69) is 10.3 Å². The van der Waals surface area contributed by atoms with E-state index in [1.165, 1.54) is 23.1 Å². The molecule has 1 aliphatic carbocycles. The number of thioether (sulfide) groups is 1. The molecule has 0 spiro atoms. The highest BCUT2D eigenvalue weighted by Gasteiger charge is 2.23. The summed E-state index contributed by atoms with van der Waals surface area (Å²) >= 11 is 2.70. The maximum atomic E-state index is 13.2. The van der Waals surface area contributed by atoms with Gasteiger partial charge in [0.25, 0.3) is 5.56 Å². The molecular weight excluding hydrogens is 444 g/mol. The molecule has 9 heteroatoms. The topological polar surface area (TPSA) is 86.1 Å². The van der Waals surface area contributed by atoms with Gasteiger partial charge in [0.15, 0.2) is 10.3 Å². The Labute approximate surface area is 192 Å². The maximum Gasteiger partial charge on any atom is 0.262 e. The zero-order valence-electron chi connectivity index (χ0n) is 17.5. The smallest absolute Gasteiger partial charge is 0.262 e. The number of benzene rings is 2. The van der Waals surface area contributed by atoms with E-state index in [9.17, 15) is 9.59 Å². The Hall–Kier alpha value is -2.91. The van der Waals surface area contributed by atoms with Gasteiger partial charge in [-0.15, -0.1) is 0 Å². The summed E-state index contributed by atoms with van der Waals surface area (Å²) in [6, 6.07) is 13.2. The number of hydrogen-bond acceptors (Lipinski definition) is 7. The number of anilines is 1. The van der Waals surface area contributed by atoms with E-state index in [1.807, 2.05) is 42.5 Å². The summed E-state index contributed by atoms with van der Waals surface area (Å²) in [7, 11) is 1.62. The fourth-order valence-electron chi connectivity index (χ4n) is 4.08. The summed E-state index contributed by atoms with van der Waals surface area (Å²) in [5.74, 6) is 0.722. The number of amides is 1. The molecule has 1 N–H and O–H groups in total. The summed E-state index contributed by atoms with van der Waals surface area (Å²) in [6.07, 6.45) is 4.15. The van der Waals surface area contributed by atoms with Crippen molar-refractivity contribution in [2.75, 3.05) is 18.2 Å². The normalized spacial score (nSPS) is 14.3. The van der Waals surface area contributed by atoms with E-state index in [0.717, 1.165) is 41.6 Å². The second-order valence-electron chi connectivity index (χ2n) is 7.71. The van der Waals surface area contributed by atoms with Gasteiger partial charge < -0.3 is 10.1 Å². The van der Waals surface area contributed by atoms with Gasteiger partial charge in [-0.3, -0.25) is 14.2 Å². The number of hydrogen-bond donors (Lipinski definition) is 1. The number of thiazole rings is 1. The third-order valence-electron chi connectivity index (χ3n) is 5.64. The van der Waals surface area contributed by atoms with E-state index in [1.54, 1.807) is 11.7 Å². The Kier molecular flexibility index (Phi) is 5.84. The number of carbonyl (C=O) groups excluding carboxylic acids is 1. The molecule has 32 heavy (non-hydrogen) atoms. The van der Waals surface area contributed by atoms with Crippen LogP contribution in [0.2, 0.25) is 0 Å². The number of aromatic nitrogens is 3. The van der Waals surface area contributed by atoms with Crippen LogP contribution < -0.4 is 15.6 Å². The third-order valence-corrected chi connectivity index (χ3v) is 7.53. The van der Waals surface area contributed by atoms with E-state index in [-0.39, 0.29) is 23.3 Å². The first-order valence-electron chi connectivity index (χ1n) is 10.5. The van der Waals surface area contributed by atoms with Crippen LogP contribution in [0.3, 0.4) is 0 Å². The van der Waals surface area contributed by atoms with Crippen LogP contribution in [0.5, 0.6) is 5.75 Å². The molecule has 2 aromatic heterocycles. The number of nitrogens with zero attached hydrogens (tertiary/aromatic N) is 3. The number of rotatable bonds is 6. The van der Waals surface area contributed by atoms with E-state index in [4.69, 9.17) is 9.72 Å². The van der Waals surface area contributed by atoms with Gasteiger partial charge in [0.2, 0.25) is 5.91 Å². The Bertz CT molecular complexity index is 1360. The molecule has 4 aromatic rings. The lowest BCUT2D eigenvalue weighted by Gasteiger charge is -2.18. The molecule has 1 amide bonds. The molecular formula is C23H22N4O3S2. The fraction of sp³-hybridized carbons (Fsp3) is 0.304. The molecule has 0 bridgehead atoms. The van der Waals surface area contributed by atoms with Crippen LogP contribution in [0.4, 0.5) is 5.13 Å². The SMILES string of the molecule is COc1ccc2nc(NC(=O)CSc3nc4ccccc4c(=O)n3C3CCCC3)sc2c1. The van der Waals surface area contributed by atoms with Crippen LogP contribution in [0.15, 0.2) is 52.4 Å². The Morgan fingerprint density at radius 2 is 2.00 bits per heavy atom. The van der Waals surface area contributed by atoms with Crippen molar-refractivity contribution in [3.05, 3.63) is 52.8 Å². The van der Waals surface area contributed by atoms with Crippen molar-refractivity contribution in [3.8, 4) is 5.75 Å². The van der Waals surface area contributed by atoms with Crippen LogP contribution in [0, 0.1) is 0 Å². The molecule has 0 radical (unpaired) electrons. The van der Waals surface area contributed by atoms with Gasteiger partial charge in [0.1, 0.15) is 5.75 Å². The van der Waals surface area contributed by atoms with Gasteiger partial charge >= 0.3 is 0 Å². The largest absolute Gasteiger partial charge is 0.497 e. The molecule has 1 fully saturated rings. The number of methoxy groups -OCH3 is 1. The Morgan fingerprint density at radius 3 is 2.81 bits per heavy atom. The lowest BCUT2D eigenvalue weighted by molar-refractivity contribution is -0.113. The second kappa shape index (κ2) is 8.91. The zero-order chi connectivity index (χ0) is 22.1. The number of fused-ring (bicyclic) bond motifs is 2. The third kappa shape index (κ3) is 4.10. The fourth-order valence-corrected chi connectivity index (χ4v) is 5.86. The monoisotopic (exact) mass is 466 g/mol. The lowest BCUT2D eigenvalue weighted by Crippen LogP contribution is -2.27. The minimum atomic E-state index is -0.179. The molecule has 0 atom stereocenters. The van der Waals surface area contributed by atoms with Crippen molar-refractivity contribution in [2.45, 2.75) is 36.9 Å². The molecule has 5 rings (SSSR count). The molecule has 7 nitrogen and oxygen atoms in total. The Balaban J connectivity index is 1.37. The van der Waals surface area contributed by atoms with Gasteiger partial charge in [-0.05, 0) is 43.2 Å². The van der Waals surface area contributed by atoms with Crippen LogP contribution in [0.25, 0.3) is 21.1 Å². The highest BCUT2D eigenvalue weighted by Crippen LogP contribution is 2.33. The minimum absolute atomic E-state index is 0.0227. The van der Waals surface area contributed by atoms with Crippen LogP contribution in [-0.4, -0.2) is 33.3 Å². The molecule has 164 valence electrons. The van der Waals surface area contributed by atoms with Gasteiger partial charge in [0.05, 0.1) is 34.0 Å². The predicted octanol–water partition coefficient (Wildman–Crippen LogP) is 4.86. The van der Waals surface area contributed by atoms with Gasteiger partial charge in [0, 0.05) is 6.04 Å². The number of carbonyl (C=O) groups is 1. The first kappa shape index (κ1) is 21.0. The van der Waals surface area contributed by atoms with E-state index < -0.39 is 0 Å². The average Bonchev–Trinajstić information content (AvgIpc) is 3.46. The first-order valence-corrected chi connectivity index (χ1v) is 12.3. The zero-order valence-corrected chi connectivity index (χ0v) is 19.2. The second-order valence-corrected chi connectivity index (χ2v) is 9.69. The van der Waals surface area contributed by atoms with Crippen molar-refractivity contribution in [2.24, 2.45) is 0 Å². The standard InChI is InChI=1S/C23H22N4O3S2/c1-30-15-10-11-18-19(12-15)32-22(24-18)26-20(28)13-31-23-25-17-9-5-4-8-16(17)21(29)27(23)14-6-2-3-7-14/h4-5,8-12,14H,2-3,6-7,13H2,1H3,(H,24,26,28). The van der Waals surface area contributed by atoms with Gasteiger partial charge in [-0.2, -0.15) is 0 Å². The molecule has 0 saturated heterocycles. The van der Waals surface area contributed by atoms with E-state index >= 15 is 0 Å². The highest BCUT2D eigenvalue weighted by atomic mass is 32.2. The maximum absolute atomic E-state index is 13.2. The number of para-hydroxylation sites is 1. The van der Waals surface area contributed by atoms with Crippen LogP contribution >= 0.6 is 23.1 Å². The molecule has 0 aliphatic heterocycles. The highest BCUT2D eigenvalue weighted by molar-refractivity contribution is 7.99. The molecule has 0 unspecified atom stereocenters. The number of ether oxygens (including phenoxy) is 1. The molecule has 1 saturated carbocycles. The summed E-state index contributed by atoms with van der Waals surface area (Å²) in [5.41, 5.74) is 1.45. The van der Waals surface area contributed by atoms with Crippen molar-refractivity contribution in [1.82, 2.24) is 14.5 Å². The quantitative estimate of drug-likeness (QED) is 0.323. The van der Waals surface area contributed by atoms with Crippen molar-refractivity contribution in [1.29, 1.82) is 0 Å². The summed E-state index contributed by atoms with van der Waals surface area (Å²) in [6.45, 7) is 0. The van der Waals surface area contributed by atoms with Crippen molar-refractivity contribution in [3.63, 3.8) is 0 Å². The molecule has 1 aliphatic rings. The van der Waals surface area contributed by atoms with Crippen LogP contribution in [0.1, 0.15) is 31.7 Å². The summed E-state index contributed by atoms with van der Waals surface area (Å²) in [5, 5.41) is 4.64. The Morgan fingerprint density at radius 1 is 1.19 bits per heavy atom. The van der Waals surface area contributed by atoms with Gasteiger partial charge in [-0.1, -0.05) is 48.1 Å². The predicted molar refractivity (Wildman–Crippen MR) is 129 cm³/mol. The van der Waals surface area contributed by atoms with E-state index in [0.29, 0.717) is 21.2 Å². The number of nitrogens with one attached hydrogen (secondary N) is 1. The van der Waals surface area contributed by atoms with Crippen LogP contribution in [-0.2, 0) is 4.79 Å². The minimum Gasteiger partial charge on any atom is -0.497 e. The summed E-state index contributed by atoms with van der Waals surface area (Å²) in [4.78, 5) is 35.1.